The second-order valence-corrected chi connectivity index (χ2v) is 17.4. The van der Waals surface area contributed by atoms with Crippen LogP contribution in [-0.2, 0) is 39.3 Å². The monoisotopic (exact) mass is 885 g/mol. The molecule has 5 N–H and O–H groups in total. The highest BCUT2D eigenvalue weighted by Crippen LogP contribution is 2.33. The van der Waals surface area contributed by atoms with Gasteiger partial charge in [-0.3, -0.25) is 39.0 Å². The minimum atomic E-state index is -0.996. The van der Waals surface area contributed by atoms with Gasteiger partial charge in [-0.1, -0.05) is 31.2 Å². The smallest absolute Gasteiger partial charge is 0.317 e. The highest BCUT2D eigenvalue weighted by atomic mass is 16.5. The average molecular weight is 886 g/mol. The van der Waals surface area contributed by atoms with Crippen molar-refractivity contribution in [2.24, 2.45) is 0 Å². The van der Waals surface area contributed by atoms with Gasteiger partial charge in [0, 0.05) is 110 Å². The quantitative estimate of drug-likeness (QED) is 0.109. The molecule has 0 atom stereocenters. The van der Waals surface area contributed by atoms with Crippen LogP contribution in [0.2, 0.25) is 0 Å². The van der Waals surface area contributed by atoms with Crippen molar-refractivity contribution in [2.45, 2.75) is 38.8 Å². The lowest BCUT2D eigenvalue weighted by atomic mass is 9.87. The SMILES string of the molecule is CC1(C)Cc2cc3ccc([nH]3)c(-c3ccc(OCCc4cn(CN5CCN(CC(=O)O)CCN(CC(=O)O)CCN(CC(=O)O)CC5)nn4)cc3)c3nc(cc4ccc(cc1n2)[nH]4)C=C3. The van der Waals surface area contributed by atoms with E-state index in [-0.39, 0.29) is 25.0 Å². The van der Waals surface area contributed by atoms with Gasteiger partial charge in [0.1, 0.15) is 5.75 Å². The minimum absolute atomic E-state index is 0.0950. The van der Waals surface area contributed by atoms with Crippen LogP contribution in [0.3, 0.4) is 0 Å². The molecular formula is C47H55N11O7. The number of hydrogen-bond acceptors (Lipinski definition) is 12. The number of nitrogens with zero attached hydrogens (tertiary/aromatic N) is 9. The Balaban J connectivity index is 0.943. The first kappa shape index (κ1) is 44.9. The maximum Gasteiger partial charge on any atom is 0.317 e. The number of benzene rings is 1. The highest BCUT2D eigenvalue weighted by molar-refractivity contribution is 5.91. The lowest BCUT2D eigenvalue weighted by Gasteiger charge is -2.32. The molecule has 8 bridgehead atoms. The molecule has 18 nitrogen and oxygen atoms in total. The largest absolute Gasteiger partial charge is 0.493 e. The van der Waals surface area contributed by atoms with Gasteiger partial charge in [-0.25, -0.2) is 9.67 Å². The summed E-state index contributed by atoms with van der Waals surface area (Å²) in [6.07, 6.45) is 7.27. The van der Waals surface area contributed by atoms with Gasteiger partial charge in [0.15, 0.2) is 0 Å². The predicted molar refractivity (Wildman–Crippen MR) is 245 cm³/mol. The highest BCUT2D eigenvalue weighted by Gasteiger charge is 2.28. The van der Waals surface area contributed by atoms with Gasteiger partial charge in [-0.05, 0) is 72.3 Å². The maximum atomic E-state index is 11.7. The van der Waals surface area contributed by atoms with Crippen LogP contribution in [0, 0.1) is 0 Å². The maximum absolute atomic E-state index is 11.7. The fourth-order valence-corrected chi connectivity index (χ4v) is 8.45. The molecule has 0 unspecified atom stereocenters. The van der Waals surface area contributed by atoms with Crippen molar-refractivity contribution in [2.75, 3.05) is 78.6 Å². The number of carbonyl (C=O) groups is 3. The third kappa shape index (κ3) is 12.1. The van der Waals surface area contributed by atoms with Gasteiger partial charge in [-0.15, -0.1) is 5.10 Å². The number of aromatic nitrogens is 7. The van der Waals surface area contributed by atoms with Gasteiger partial charge < -0.3 is 30.0 Å². The summed E-state index contributed by atoms with van der Waals surface area (Å²) in [5, 5.41) is 37.3. The second kappa shape index (κ2) is 20.0. The van der Waals surface area contributed by atoms with Crippen molar-refractivity contribution in [3.05, 3.63) is 101 Å². The summed E-state index contributed by atoms with van der Waals surface area (Å²) in [6, 6.07) is 22.6. The van der Waals surface area contributed by atoms with Crippen molar-refractivity contribution in [3.8, 4) is 16.9 Å². The number of rotatable bonds is 13. The van der Waals surface area contributed by atoms with E-state index in [2.05, 4.69) is 75.4 Å². The lowest BCUT2D eigenvalue weighted by Crippen LogP contribution is -2.48. The fourth-order valence-electron chi connectivity index (χ4n) is 8.45. The molecule has 18 heteroatoms. The van der Waals surface area contributed by atoms with Crippen LogP contribution in [0.1, 0.15) is 42.3 Å². The van der Waals surface area contributed by atoms with Crippen molar-refractivity contribution in [1.29, 1.82) is 0 Å². The zero-order chi connectivity index (χ0) is 45.5. The van der Waals surface area contributed by atoms with Crippen molar-refractivity contribution in [3.63, 3.8) is 0 Å². The first-order chi connectivity index (χ1) is 31.3. The molecule has 1 fully saturated rings. The molecule has 1 aromatic carbocycles. The molecule has 0 spiro atoms. The van der Waals surface area contributed by atoms with E-state index in [0.29, 0.717) is 77.8 Å². The topological polar surface area (TPSA) is 222 Å². The van der Waals surface area contributed by atoms with Gasteiger partial charge in [0.05, 0.1) is 56.2 Å². The Labute approximate surface area is 375 Å². The van der Waals surface area contributed by atoms with E-state index >= 15 is 0 Å². The first-order valence-corrected chi connectivity index (χ1v) is 21.9. The molecule has 0 radical (unpaired) electrons. The van der Waals surface area contributed by atoms with Crippen LogP contribution in [0.25, 0.3) is 45.3 Å². The molecule has 0 aliphatic carbocycles. The van der Waals surface area contributed by atoms with Crippen LogP contribution < -0.4 is 4.74 Å². The molecule has 7 heterocycles. The first-order valence-electron chi connectivity index (χ1n) is 21.9. The van der Waals surface area contributed by atoms with E-state index in [1.807, 2.05) is 48.7 Å². The van der Waals surface area contributed by atoms with Crippen molar-refractivity contribution in [1.82, 2.24) is 54.5 Å². The number of carboxylic acids is 3. The summed E-state index contributed by atoms with van der Waals surface area (Å²) in [7, 11) is 0. The molecule has 1 saturated heterocycles. The summed E-state index contributed by atoms with van der Waals surface area (Å²) in [4.78, 5) is 59.5. The number of fused-ring (bicyclic) bond motifs is 8. The molecule has 4 aromatic heterocycles. The van der Waals surface area contributed by atoms with Crippen LogP contribution >= 0.6 is 0 Å². The predicted octanol–water partition coefficient (Wildman–Crippen LogP) is 4.32. The molecule has 5 aromatic rings. The zero-order valence-electron chi connectivity index (χ0n) is 36.7. The molecule has 8 rings (SSSR count). The standard InChI is InChI=1S/C47H55N11O7/c1-47(2)26-38-24-35-8-12-41(50-35)46(40-11-7-34(49-40)23-33-5-6-36(48-33)25-42(47)51-38)32-3-9-39(10-4-32)65-22-13-37-27-58(53-52-37)31-57-20-18-55(29-44(61)62)16-14-54(28-43(59)60)15-17-56(19-21-57)30-45(63)64/h3-12,23-25,27,48,50H,13-22,26,28-31H2,1-2H3,(H,59,60)(H,61,62)(H,63,64). The number of aliphatic carboxylic acids is 3. The summed E-state index contributed by atoms with van der Waals surface area (Å²) in [6.45, 7) is 7.75. The Morgan fingerprint density at radius 1 is 0.692 bits per heavy atom. The molecule has 340 valence electrons. The van der Waals surface area contributed by atoms with Crippen molar-refractivity contribution < 1.29 is 34.4 Å². The van der Waals surface area contributed by atoms with E-state index in [9.17, 15) is 29.7 Å². The Morgan fingerprint density at radius 3 is 1.91 bits per heavy atom. The summed E-state index contributed by atoms with van der Waals surface area (Å²) in [5.41, 5.74) is 10.2. The molecule has 0 amide bonds. The van der Waals surface area contributed by atoms with Crippen LogP contribution in [0.15, 0.2) is 72.9 Å². The molecule has 65 heavy (non-hydrogen) atoms. The van der Waals surface area contributed by atoms with Crippen LogP contribution in [-0.4, -0.2) is 166 Å². The van der Waals surface area contributed by atoms with Gasteiger partial charge in [0.2, 0.25) is 0 Å². The Bertz CT molecular complexity index is 2670. The number of ether oxygens (including phenoxy) is 1. The number of carboxylic acid groups (broad SMARTS) is 3. The molecule has 0 saturated carbocycles. The zero-order valence-corrected chi connectivity index (χ0v) is 36.7. The van der Waals surface area contributed by atoms with Gasteiger partial charge in [-0.2, -0.15) is 0 Å². The Morgan fingerprint density at radius 2 is 1.28 bits per heavy atom. The normalized spacial score (nSPS) is 16.8. The van der Waals surface area contributed by atoms with E-state index in [0.717, 1.165) is 68.1 Å². The number of nitrogens with one attached hydrogen (secondary N) is 2. The van der Waals surface area contributed by atoms with E-state index in [1.54, 1.807) is 19.4 Å². The summed E-state index contributed by atoms with van der Waals surface area (Å²) < 4.78 is 7.90. The van der Waals surface area contributed by atoms with E-state index < -0.39 is 17.9 Å². The third-order valence-corrected chi connectivity index (χ3v) is 11.8. The number of aromatic amines is 2. The van der Waals surface area contributed by atoms with Crippen LogP contribution in [0.4, 0.5) is 0 Å². The Kier molecular flexibility index (Phi) is 13.8. The number of H-pyrrole nitrogens is 2. The van der Waals surface area contributed by atoms with Crippen LogP contribution in [0.5, 0.6) is 5.75 Å². The van der Waals surface area contributed by atoms with Crippen molar-refractivity contribution >= 4 is 52.1 Å². The minimum Gasteiger partial charge on any atom is -0.493 e. The average Bonchev–Trinajstić information content (AvgIpc) is 4.11. The number of hydrogen-bond donors (Lipinski definition) is 5. The molecule has 3 aliphatic rings. The fraction of sp³-hybridized carbons (Fsp3) is 0.383. The lowest BCUT2D eigenvalue weighted by molar-refractivity contribution is -0.140. The third-order valence-electron chi connectivity index (χ3n) is 11.8. The molecule has 3 aliphatic heterocycles. The summed E-state index contributed by atoms with van der Waals surface area (Å²) in [5.74, 6) is -2.23. The Hall–Kier alpha value is -6.73. The summed E-state index contributed by atoms with van der Waals surface area (Å²) >= 11 is 0. The second-order valence-electron chi connectivity index (χ2n) is 17.4. The van der Waals surface area contributed by atoms with E-state index in [4.69, 9.17) is 14.7 Å². The van der Waals surface area contributed by atoms with Gasteiger partial charge in [0.25, 0.3) is 0 Å². The molecular weight excluding hydrogens is 831 g/mol. The van der Waals surface area contributed by atoms with E-state index in [1.165, 1.54) is 0 Å². The van der Waals surface area contributed by atoms with Gasteiger partial charge >= 0.3 is 17.9 Å².